The van der Waals surface area contributed by atoms with Crippen molar-refractivity contribution in [2.45, 2.75) is 31.7 Å². The number of aldehydes is 1. The van der Waals surface area contributed by atoms with Crippen LogP contribution in [0.5, 0.6) is 0 Å². The van der Waals surface area contributed by atoms with Gasteiger partial charge in [-0.15, -0.1) is 0 Å². The Labute approximate surface area is 148 Å². The Kier molecular flexibility index (Phi) is 4.71. The quantitative estimate of drug-likeness (QED) is 0.709. The first-order valence-electron chi connectivity index (χ1n) is 8.26. The van der Waals surface area contributed by atoms with E-state index in [0.717, 1.165) is 25.7 Å². The van der Waals surface area contributed by atoms with E-state index < -0.39 is 17.8 Å². The number of rotatable bonds is 5. The predicted molar refractivity (Wildman–Crippen MR) is 93.0 cm³/mol. The summed E-state index contributed by atoms with van der Waals surface area (Å²) in [6.07, 6.45) is 4.18. The molecule has 0 spiro atoms. The van der Waals surface area contributed by atoms with E-state index in [1.807, 2.05) is 0 Å². The van der Waals surface area contributed by atoms with Gasteiger partial charge in [0, 0.05) is 27.9 Å². The first-order valence-corrected chi connectivity index (χ1v) is 8.26. The zero-order valence-corrected chi connectivity index (χ0v) is 13.8. The van der Waals surface area contributed by atoms with Crippen LogP contribution in [0.3, 0.4) is 0 Å². The van der Waals surface area contributed by atoms with Crippen LogP contribution in [0, 0.1) is 0 Å². The molecular weight excluding hydrogens is 338 g/mol. The van der Waals surface area contributed by atoms with Crippen molar-refractivity contribution in [3.63, 3.8) is 0 Å². The van der Waals surface area contributed by atoms with Gasteiger partial charge in [0.2, 0.25) is 0 Å². The van der Waals surface area contributed by atoms with Gasteiger partial charge < -0.3 is 15.5 Å². The van der Waals surface area contributed by atoms with Gasteiger partial charge >= 0.3 is 11.9 Å². The number of carbonyl (C=O) groups is 4. The highest BCUT2D eigenvalue weighted by Crippen LogP contribution is 2.30. The van der Waals surface area contributed by atoms with Crippen LogP contribution in [0.4, 0.5) is 0 Å². The monoisotopic (exact) mass is 355 g/mol. The van der Waals surface area contributed by atoms with E-state index in [0.29, 0.717) is 6.29 Å². The lowest BCUT2D eigenvalue weighted by atomic mass is 9.91. The number of fused-ring (bicyclic) bond motifs is 1. The molecule has 3 N–H and O–H groups in total. The van der Waals surface area contributed by atoms with Gasteiger partial charge in [0.15, 0.2) is 6.29 Å². The zero-order chi connectivity index (χ0) is 18.8. The number of amides is 1. The van der Waals surface area contributed by atoms with Gasteiger partial charge in [-0.3, -0.25) is 9.59 Å². The number of carboxylic acids is 2. The van der Waals surface area contributed by atoms with E-state index in [1.165, 1.54) is 24.3 Å². The lowest BCUT2D eigenvalue weighted by Gasteiger charge is -2.16. The Morgan fingerprint density at radius 3 is 2.00 bits per heavy atom. The fraction of sp³-hybridized carbons (Fsp3) is 0.263. The highest BCUT2D eigenvalue weighted by Gasteiger charge is 2.25. The van der Waals surface area contributed by atoms with Crippen molar-refractivity contribution in [2.75, 3.05) is 0 Å². The van der Waals surface area contributed by atoms with E-state index in [-0.39, 0.29) is 39.1 Å². The molecule has 0 aromatic heterocycles. The molecular formula is C19H17NO6. The fourth-order valence-electron chi connectivity index (χ4n) is 3.50. The Morgan fingerprint density at radius 2 is 1.42 bits per heavy atom. The molecule has 2 aromatic rings. The summed E-state index contributed by atoms with van der Waals surface area (Å²) in [5.74, 6) is -3.07. The largest absolute Gasteiger partial charge is 0.478 e. The van der Waals surface area contributed by atoms with Crippen molar-refractivity contribution in [1.29, 1.82) is 0 Å². The minimum atomic E-state index is -1.30. The molecule has 26 heavy (non-hydrogen) atoms. The molecule has 0 unspecified atom stereocenters. The van der Waals surface area contributed by atoms with Crippen molar-refractivity contribution in [3.8, 4) is 0 Å². The van der Waals surface area contributed by atoms with E-state index in [9.17, 15) is 29.4 Å². The van der Waals surface area contributed by atoms with Crippen LogP contribution in [0.1, 0.15) is 67.1 Å². The number of carbonyl (C=O) groups excluding carboxylic acids is 2. The summed E-state index contributed by atoms with van der Waals surface area (Å²) in [6, 6.07) is 5.01. The van der Waals surface area contributed by atoms with Crippen molar-refractivity contribution in [3.05, 3.63) is 46.5 Å². The lowest BCUT2D eigenvalue weighted by Crippen LogP contribution is -2.33. The molecule has 0 aliphatic heterocycles. The lowest BCUT2D eigenvalue weighted by molar-refractivity contribution is 0.0686. The molecule has 7 nitrogen and oxygen atoms in total. The Balaban J connectivity index is 2.27. The molecule has 0 atom stereocenters. The van der Waals surface area contributed by atoms with Gasteiger partial charge in [0.1, 0.15) is 0 Å². The van der Waals surface area contributed by atoms with E-state index >= 15 is 0 Å². The Hall–Kier alpha value is -3.22. The van der Waals surface area contributed by atoms with Gasteiger partial charge in [-0.05, 0) is 31.0 Å². The maximum Gasteiger partial charge on any atom is 0.336 e. The topological polar surface area (TPSA) is 121 Å². The maximum atomic E-state index is 12.7. The van der Waals surface area contributed by atoms with Crippen LogP contribution in [0.25, 0.3) is 10.8 Å². The average molecular weight is 355 g/mol. The molecule has 0 heterocycles. The number of hydrogen-bond donors (Lipinski definition) is 3. The number of benzene rings is 2. The zero-order valence-electron chi connectivity index (χ0n) is 13.8. The summed E-state index contributed by atoms with van der Waals surface area (Å²) >= 11 is 0. The normalized spacial score (nSPS) is 14.3. The van der Waals surface area contributed by atoms with Crippen molar-refractivity contribution < 1.29 is 29.4 Å². The van der Waals surface area contributed by atoms with E-state index in [2.05, 4.69) is 5.32 Å². The first kappa shape index (κ1) is 17.6. The van der Waals surface area contributed by atoms with Gasteiger partial charge in [-0.1, -0.05) is 18.9 Å². The molecule has 7 heteroatoms. The van der Waals surface area contributed by atoms with Crippen LogP contribution in [0.2, 0.25) is 0 Å². The summed E-state index contributed by atoms with van der Waals surface area (Å²) in [5.41, 5.74) is -0.358. The van der Waals surface area contributed by atoms with Crippen LogP contribution >= 0.6 is 0 Å². The van der Waals surface area contributed by atoms with Gasteiger partial charge in [-0.2, -0.15) is 0 Å². The SMILES string of the molecule is O=Cc1ccc(C(=O)O)c2c(C(=O)NC3CCCC3)ccc(C(=O)O)c12. The summed E-state index contributed by atoms with van der Waals surface area (Å²) in [5, 5.41) is 21.7. The number of nitrogens with one attached hydrogen (secondary N) is 1. The second-order valence-electron chi connectivity index (χ2n) is 6.30. The summed E-state index contributed by atoms with van der Waals surface area (Å²) in [4.78, 5) is 47.3. The molecule has 134 valence electrons. The molecule has 0 bridgehead atoms. The highest BCUT2D eigenvalue weighted by molar-refractivity contribution is 6.21. The average Bonchev–Trinajstić information content (AvgIpc) is 3.12. The van der Waals surface area contributed by atoms with Gasteiger partial charge in [0.25, 0.3) is 5.91 Å². The Morgan fingerprint density at radius 1 is 0.885 bits per heavy atom. The third kappa shape index (κ3) is 3.03. The number of hydrogen-bond acceptors (Lipinski definition) is 4. The highest BCUT2D eigenvalue weighted by atomic mass is 16.4. The minimum absolute atomic E-state index is 0.0132. The summed E-state index contributed by atoms with van der Waals surface area (Å²) in [7, 11) is 0. The van der Waals surface area contributed by atoms with E-state index in [4.69, 9.17) is 0 Å². The molecule has 0 radical (unpaired) electrons. The molecule has 0 saturated heterocycles. The predicted octanol–water partition coefficient (Wildman–Crippen LogP) is 2.72. The number of aromatic carboxylic acids is 2. The molecule has 1 aliphatic carbocycles. The first-order chi connectivity index (χ1) is 12.4. The molecule has 1 fully saturated rings. The summed E-state index contributed by atoms with van der Waals surface area (Å²) in [6.45, 7) is 0. The minimum Gasteiger partial charge on any atom is -0.478 e. The molecule has 1 saturated carbocycles. The van der Waals surface area contributed by atoms with Crippen LogP contribution in [-0.4, -0.2) is 40.4 Å². The summed E-state index contributed by atoms with van der Waals surface area (Å²) < 4.78 is 0. The third-order valence-electron chi connectivity index (χ3n) is 4.72. The maximum absolute atomic E-state index is 12.7. The fourth-order valence-corrected chi connectivity index (χ4v) is 3.50. The van der Waals surface area contributed by atoms with Crippen molar-refractivity contribution in [2.24, 2.45) is 0 Å². The van der Waals surface area contributed by atoms with Crippen LogP contribution in [-0.2, 0) is 0 Å². The third-order valence-corrected chi connectivity index (χ3v) is 4.72. The smallest absolute Gasteiger partial charge is 0.336 e. The van der Waals surface area contributed by atoms with Gasteiger partial charge in [0.05, 0.1) is 11.1 Å². The molecule has 1 aliphatic rings. The van der Waals surface area contributed by atoms with Crippen LogP contribution in [0.15, 0.2) is 24.3 Å². The second-order valence-corrected chi connectivity index (χ2v) is 6.30. The van der Waals surface area contributed by atoms with Crippen molar-refractivity contribution >= 4 is 34.9 Å². The molecule has 2 aromatic carbocycles. The molecule has 1 amide bonds. The van der Waals surface area contributed by atoms with Gasteiger partial charge in [-0.25, -0.2) is 9.59 Å². The number of carboxylic acid groups (broad SMARTS) is 2. The van der Waals surface area contributed by atoms with Crippen molar-refractivity contribution in [1.82, 2.24) is 5.32 Å². The van der Waals surface area contributed by atoms with Crippen LogP contribution < -0.4 is 5.32 Å². The second kappa shape index (κ2) is 6.95. The standard InChI is InChI=1S/C19H17NO6/c21-9-10-5-6-14(19(25)26)16-12(7-8-13(15(10)16)18(23)24)17(22)20-11-3-1-2-4-11/h5-9,11H,1-4H2,(H,20,22)(H,23,24)(H,25,26). The van der Waals surface area contributed by atoms with E-state index in [1.54, 1.807) is 0 Å². The Bertz CT molecular complexity index is 927. The molecule has 3 rings (SSSR count).